The van der Waals surface area contributed by atoms with Gasteiger partial charge in [-0.2, -0.15) is 11.3 Å². The maximum absolute atomic E-state index is 5.58. The Bertz CT molecular complexity index is 747. The second-order valence-corrected chi connectivity index (χ2v) is 5.96. The van der Waals surface area contributed by atoms with Crippen LogP contribution in [0.3, 0.4) is 0 Å². The van der Waals surface area contributed by atoms with Crippen LogP contribution in [-0.2, 0) is 13.2 Å². The quantitative estimate of drug-likeness (QED) is 0.666. The number of aromatic nitrogens is 2. The summed E-state index contributed by atoms with van der Waals surface area (Å²) in [5, 5.41) is 8.68. The molecule has 0 spiro atoms. The lowest BCUT2D eigenvalue weighted by Gasteiger charge is -2.14. The Morgan fingerprint density at radius 1 is 1.29 bits per heavy atom. The largest absolute Gasteiger partial charge is 0.409 e. The van der Waals surface area contributed by atoms with Crippen molar-refractivity contribution in [1.82, 2.24) is 14.7 Å². The lowest BCUT2D eigenvalue weighted by Crippen LogP contribution is -2.22. The van der Waals surface area contributed by atoms with E-state index >= 15 is 0 Å². The van der Waals surface area contributed by atoms with Crippen LogP contribution in [-0.4, -0.2) is 21.7 Å². The first-order valence-corrected chi connectivity index (χ1v) is 7.90. The minimum absolute atomic E-state index is 0.394. The summed E-state index contributed by atoms with van der Waals surface area (Å²) in [6, 6.07) is 11.9. The van der Waals surface area contributed by atoms with E-state index in [1.807, 2.05) is 37.4 Å². The molecule has 0 radical (unpaired) electrons. The van der Waals surface area contributed by atoms with Crippen molar-refractivity contribution in [3.05, 3.63) is 57.6 Å². The normalized spacial score (nSPS) is 11.1. The number of benzene rings is 1. The summed E-state index contributed by atoms with van der Waals surface area (Å²) in [5.41, 5.74) is 2.23. The molecule has 1 aromatic carbocycles. The Balaban J connectivity index is 1.74. The Morgan fingerprint density at radius 3 is 2.81 bits per heavy atom. The summed E-state index contributed by atoms with van der Waals surface area (Å²) in [5.74, 6) is 0.560. The van der Waals surface area contributed by atoms with E-state index in [9.17, 15) is 0 Å². The van der Waals surface area contributed by atoms with Crippen LogP contribution in [0.25, 0.3) is 11.5 Å². The number of hydrogen-bond donors (Lipinski definition) is 0. The molecule has 0 saturated heterocycles. The zero-order valence-electron chi connectivity index (χ0n) is 11.6. The highest BCUT2D eigenvalue weighted by Crippen LogP contribution is 2.17. The molecule has 0 bridgehead atoms. The smallest absolute Gasteiger partial charge is 0.288 e. The minimum Gasteiger partial charge on any atom is -0.409 e. The molecule has 0 fully saturated rings. The van der Waals surface area contributed by atoms with Gasteiger partial charge in [0.1, 0.15) is 0 Å². The van der Waals surface area contributed by atoms with Crippen molar-refractivity contribution >= 4 is 23.6 Å². The first kappa shape index (κ1) is 14.2. The molecule has 2 aromatic heterocycles. The summed E-state index contributed by atoms with van der Waals surface area (Å²) in [7, 11) is 2.04. The highest BCUT2D eigenvalue weighted by atomic mass is 32.1. The van der Waals surface area contributed by atoms with Gasteiger partial charge in [0.25, 0.3) is 4.84 Å². The SMILES string of the molecule is CN(Cc1ccsc1)Cn1nc(-c2ccccc2)oc1=S. The number of thiophene rings is 1. The van der Waals surface area contributed by atoms with Crippen molar-refractivity contribution in [2.45, 2.75) is 13.2 Å². The first-order chi connectivity index (χ1) is 10.2. The molecule has 0 atom stereocenters. The highest BCUT2D eigenvalue weighted by Gasteiger charge is 2.09. The van der Waals surface area contributed by atoms with Crippen LogP contribution in [0.1, 0.15) is 5.56 Å². The molecule has 0 unspecified atom stereocenters. The second kappa shape index (κ2) is 6.34. The van der Waals surface area contributed by atoms with E-state index in [0.717, 1.165) is 12.1 Å². The highest BCUT2D eigenvalue weighted by molar-refractivity contribution is 7.71. The van der Waals surface area contributed by atoms with Crippen molar-refractivity contribution in [2.75, 3.05) is 7.05 Å². The average molecular weight is 317 g/mol. The monoisotopic (exact) mass is 317 g/mol. The van der Waals surface area contributed by atoms with Gasteiger partial charge in [0.15, 0.2) is 0 Å². The molecule has 6 heteroatoms. The Morgan fingerprint density at radius 2 is 2.10 bits per heavy atom. The molecular formula is C15H15N3OS2. The molecule has 0 N–H and O–H groups in total. The third-order valence-corrected chi connectivity index (χ3v) is 4.06. The van der Waals surface area contributed by atoms with E-state index in [1.54, 1.807) is 16.0 Å². The van der Waals surface area contributed by atoms with Gasteiger partial charge in [-0.15, -0.1) is 5.10 Å². The fourth-order valence-corrected chi connectivity index (χ4v) is 2.90. The predicted molar refractivity (Wildman–Crippen MR) is 86.5 cm³/mol. The van der Waals surface area contributed by atoms with Crippen molar-refractivity contribution in [3.8, 4) is 11.5 Å². The number of hydrogen-bond acceptors (Lipinski definition) is 5. The summed E-state index contributed by atoms with van der Waals surface area (Å²) >= 11 is 6.95. The Kier molecular flexibility index (Phi) is 4.28. The summed E-state index contributed by atoms with van der Waals surface area (Å²) in [6.45, 7) is 1.46. The summed E-state index contributed by atoms with van der Waals surface area (Å²) < 4.78 is 7.29. The van der Waals surface area contributed by atoms with Gasteiger partial charge in [0.05, 0.1) is 6.67 Å². The zero-order chi connectivity index (χ0) is 14.7. The molecular weight excluding hydrogens is 302 g/mol. The van der Waals surface area contributed by atoms with Gasteiger partial charge < -0.3 is 4.42 Å². The fourth-order valence-electron chi connectivity index (χ4n) is 2.07. The van der Waals surface area contributed by atoms with Crippen LogP contribution in [0, 0.1) is 4.84 Å². The predicted octanol–water partition coefficient (Wildman–Crippen LogP) is 4.02. The summed E-state index contributed by atoms with van der Waals surface area (Å²) in [4.78, 5) is 2.54. The van der Waals surface area contributed by atoms with E-state index in [0.29, 0.717) is 17.4 Å². The van der Waals surface area contributed by atoms with Gasteiger partial charge in [-0.05, 0) is 53.8 Å². The molecule has 0 aliphatic rings. The standard InChI is InChI=1S/C15H15N3OS2/c1-17(9-12-7-8-21-10-12)11-18-15(20)19-14(16-18)13-5-3-2-4-6-13/h2-8,10H,9,11H2,1H3. The van der Waals surface area contributed by atoms with E-state index < -0.39 is 0 Å². The van der Waals surface area contributed by atoms with Crippen LogP contribution < -0.4 is 0 Å². The molecule has 0 saturated carbocycles. The van der Waals surface area contributed by atoms with E-state index in [2.05, 4.69) is 26.8 Å². The molecule has 0 amide bonds. The van der Waals surface area contributed by atoms with Gasteiger partial charge in [-0.1, -0.05) is 18.2 Å². The molecule has 3 rings (SSSR count). The summed E-state index contributed by atoms with van der Waals surface area (Å²) in [6.07, 6.45) is 0. The lowest BCUT2D eigenvalue weighted by atomic mass is 10.2. The average Bonchev–Trinajstić information content (AvgIpc) is 3.11. The molecule has 0 aliphatic heterocycles. The molecule has 3 aromatic rings. The molecule has 108 valence electrons. The number of rotatable bonds is 5. The first-order valence-electron chi connectivity index (χ1n) is 6.55. The Labute approximate surface area is 132 Å². The second-order valence-electron chi connectivity index (χ2n) is 4.83. The third-order valence-electron chi connectivity index (χ3n) is 3.03. The van der Waals surface area contributed by atoms with Crippen molar-refractivity contribution in [1.29, 1.82) is 0 Å². The van der Waals surface area contributed by atoms with Crippen molar-refractivity contribution < 1.29 is 4.42 Å². The topological polar surface area (TPSA) is 34.2 Å². The lowest BCUT2D eigenvalue weighted by molar-refractivity contribution is 0.241. The van der Waals surface area contributed by atoms with Crippen LogP contribution in [0.2, 0.25) is 0 Å². The van der Waals surface area contributed by atoms with Gasteiger partial charge in [0, 0.05) is 12.1 Å². The van der Waals surface area contributed by atoms with Gasteiger partial charge in [0.2, 0.25) is 5.89 Å². The molecule has 4 nitrogen and oxygen atoms in total. The van der Waals surface area contributed by atoms with Gasteiger partial charge in [-0.25, -0.2) is 4.68 Å². The maximum Gasteiger partial charge on any atom is 0.288 e. The molecule has 0 aliphatic carbocycles. The van der Waals surface area contributed by atoms with E-state index in [-0.39, 0.29) is 0 Å². The van der Waals surface area contributed by atoms with Gasteiger partial charge >= 0.3 is 0 Å². The third kappa shape index (κ3) is 3.47. The van der Waals surface area contributed by atoms with Crippen molar-refractivity contribution in [3.63, 3.8) is 0 Å². The Hall–Kier alpha value is -1.76. The van der Waals surface area contributed by atoms with E-state index in [1.165, 1.54) is 5.56 Å². The molecule has 21 heavy (non-hydrogen) atoms. The van der Waals surface area contributed by atoms with Crippen LogP contribution in [0.5, 0.6) is 0 Å². The van der Waals surface area contributed by atoms with Crippen LogP contribution in [0.4, 0.5) is 0 Å². The maximum atomic E-state index is 5.58. The zero-order valence-corrected chi connectivity index (χ0v) is 13.2. The van der Waals surface area contributed by atoms with Crippen LogP contribution in [0.15, 0.2) is 51.6 Å². The number of nitrogens with zero attached hydrogens (tertiary/aromatic N) is 3. The van der Waals surface area contributed by atoms with Crippen LogP contribution >= 0.6 is 23.6 Å². The molecule has 2 heterocycles. The fraction of sp³-hybridized carbons (Fsp3) is 0.200. The minimum atomic E-state index is 0.394. The van der Waals surface area contributed by atoms with Gasteiger partial charge in [-0.3, -0.25) is 4.90 Å². The van der Waals surface area contributed by atoms with Crippen molar-refractivity contribution in [2.24, 2.45) is 0 Å². The van der Waals surface area contributed by atoms with E-state index in [4.69, 9.17) is 16.6 Å².